The summed E-state index contributed by atoms with van der Waals surface area (Å²) in [6, 6.07) is 0. The van der Waals surface area contributed by atoms with Gasteiger partial charge in [-0.2, -0.15) is 0 Å². The smallest absolute Gasteiger partial charge is 0.300 e. The maximum absolute atomic E-state index is 9.00. The maximum atomic E-state index is 9.00. The number of aliphatic carboxylic acids is 2. The molecule has 0 saturated carbocycles. The first-order valence-electron chi connectivity index (χ1n) is 1.86. The Morgan fingerprint density at radius 3 is 0.733 bits per heavy atom. The first-order chi connectivity index (χ1) is 3.46. The minimum Gasteiger partial charge on any atom is -0.481 e. The van der Waals surface area contributed by atoms with Gasteiger partial charge in [0, 0.05) is 34.3 Å². The van der Waals surface area contributed by atoms with Crippen molar-refractivity contribution in [1.29, 1.82) is 0 Å². The summed E-state index contributed by atoms with van der Waals surface area (Å²) in [5, 5.41) is 14.8. The molecule has 10 nitrogen and oxygen atoms in total. The predicted octanol–water partition coefficient (Wildman–Crippen LogP) is -0.822. The van der Waals surface area contributed by atoms with Crippen molar-refractivity contribution in [3.8, 4) is 0 Å². The minimum absolute atomic E-state index is 0. The summed E-state index contributed by atoms with van der Waals surface area (Å²) in [5.41, 5.74) is 0. The molecule has 0 radical (unpaired) electrons. The fourth-order valence-electron chi connectivity index (χ4n) is 0. The second kappa shape index (κ2) is 71.0. The van der Waals surface area contributed by atoms with E-state index in [-0.39, 0.29) is 56.0 Å². The molecule has 106 valence electrons. The van der Waals surface area contributed by atoms with Gasteiger partial charge < -0.3 is 45.8 Å². The van der Waals surface area contributed by atoms with E-state index in [9.17, 15) is 0 Å². The molecular weight excluding hydrogens is 306 g/mol. The van der Waals surface area contributed by atoms with Crippen molar-refractivity contribution in [1.82, 2.24) is 24.6 Å². The van der Waals surface area contributed by atoms with E-state index in [1.54, 1.807) is 0 Å². The van der Waals surface area contributed by atoms with Gasteiger partial charge in [-0.1, -0.05) is 0 Å². The maximum Gasteiger partial charge on any atom is 0.300 e. The Morgan fingerprint density at radius 1 is 0.733 bits per heavy atom. The molecule has 0 saturated heterocycles. The van der Waals surface area contributed by atoms with Crippen LogP contribution >= 0.6 is 0 Å². The topological polar surface area (TPSA) is 278 Å². The van der Waals surface area contributed by atoms with E-state index in [2.05, 4.69) is 0 Å². The summed E-state index contributed by atoms with van der Waals surface area (Å²) in [7, 11) is 0. The normalized spacial score (nSPS) is 3.33. The van der Waals surface area contributed by atoms with Crippen molar-refractivity contribution in [2.75, 3.05) is 0 Å². The van der Waals surface area contributed by atoms with Gasteiger partial charge >= 0.3 is 0 Å². The molecule has 0 rings (SSSR count). The summed E-state index contributed by atoms with van der Waals surface area (Å²) < 4.78 is 0. The molecular formula is C4H24N4O6Pd. The third-order valence-corrected chi connectivity index (χ3v) is 0. The standard InChI is InChI=1S/2C2H4O2.4H3N.2H2O.Pd/c2*1-2(3)4;;;;;;;/h2*1H3,(H,3,4);4*1H3;2*1H2;. The SMILES string of the molecule is CC(=O)O.CC(=O)O.N.N.N.N.O.O.[Pd]. The van der Waals surface area contributed by atoms with Gasteiger partial charge in [-0.15, -0.1) is 0 Å². The largest absolute Gasteiger partial charge is 0.481 e. The molecule has 0 amide bonds. The summed E-state index contributed by atoms with van der Waals surface area (Å²) >= 11 is 0. The van der Waals surface area contributed by atoms with Crippen LogP contribution in [0.15, 0.2) is 0 Å². The van der Waals surface area contributed by atoms with Crippen molar-refractivity contribution >= 4 is 11.9 Å². The Morgan fingerprint density at radius 2 is 0.733 bits per heavy atom. The molecule has 0 aliphatic rings. The third kappa shape index (κ3) is 4240. The number of hydrogen-bond acceptors (Lipinski definition) is 6. The van der Waals surface area contributed by atoms with Crippen molar-refractivity contribution in [3.63, 3.8) is 0 Å². The molecule has 0 heterocycles. The Balaban J connectivity index is -0.00000000468. The van der Waals surface area contributed by atoms with Crippen molar-refractivity contribution in [2.45, 2.75) is 13.8 Å². The van der Waals surface area contributed by atoms with Gasteiger partial charge in [-0.25, -0.2) is 0 Å². The summed E-state index contributed by atoms with van der Waals surface area (Å²) in [5.74, 6) is -1.67. The van der Waals surface area contributed by atoms with Gasteiger partial charge in [-0.05, 0) is 0 Å². The zero-order valence-corrected chi connectivity index (χ0v) is 10.4. The molecule has 0 bridgehead atoms. The number of carboxylic acids is 2. The van der Waals surface area contributed by atoms with E-state index < -0.39 is 11.9 Å². The van der Waals surface area contributed by atoms with Gasteiger partial charge in [0.25, 0.3) is 11.9 Å². The number of carbonyl (C=O) groups is 2. The Hall–Kier alpha value is -0.638. The van der Waals surface area contributed by atoms with Crippen LogP contribution in [0.2, 0.25) is 0 Å². The van der Waals surface area contributed by atoms with Crippen LogP contribution in [0.1, 0.15) is 13.8 Å². The van der Waals surface area contributed by atoms with E-state index in [1.165, 1.54) is 0 Å². The summed E-state index contributed by atoms with van der Waals surface area (Å²) in [6.07, 6.45) is 0. The Kier molecular flexibility index (Phi) is 422. The Bertz CT molecular complexity index is 85.1. The van der Waals surface area contributed by atoms with E-state index >= 15 is 0 Å². The van der Waals surface area contributed by atoms with Crippen LogP contribution in [0.3, 0.4) is 0 Å². The van der Waals surface area contributed by atoms with E-state index in [0.717, 1.165) is 13.8 Å². The van der Waals surface area contributed by atoms with Gasteiger partial charge in [0.2, 0.25) is 0 Å². The van der Waals surface area contributed by atoms with Crippen LogP contribution in [0.25, 0.3) is 0 Å². The van der Waals surface area contributed by atoms with Crippen molar-refractivity contribution in [3.05, 3.63) is 0 Å². The van der Waals surface area contributed by atoms with Gasteiger partial charge in [-0.3, -0.25) is 9.59 Å². The van der Waals surface area contributed by atoms with Crippen LogP contribution in [0.5, 0.6) is 0 Å². The molecule has 0 aromatic heterocycles. The molecule has 0 aliphatic carbocycles. The molecule has 0 spiro atoms. The first kappa shape index (κ1) is 89.2. The van der Waals surface area contributed by atoms with Crippen LogP contribution in [-0.2, 0) is 30.0 Å². The molecule has 0 aliphatic heterocycles. The monoisotopic (exact) mass is 330 g/mol. The molecule has 15 heavy (non-hydrogen) atoms. The van der Waals surface area contributed by atoms with Crippen LogP contribution in [0, 0.1) is 0 Å². The van der Waals surface area contributed by atoms with Crippen molar-refractivity contribution < 1.29 is 51.2 Å². The average molecular weight is 331 g/mol. The van der Waals surface area contributed by atoms with Gasteiger partial charge in [0.05, 0.1) is 0 Å². The van der Waals surface area contributed by atoms with E-state index in [4.69, 9.17) is 19.8 Å². The molecule has 0 unspecified atom stereocenters. The second-order valence-corrected chi connectivity index (χ2v) is 1.04. The molecule has 11 heteroatoms. The fourth-order valence-corrected chi connectivity index (χ4v) is 0. The van der Waals surface area contributed by atoms with Crippen molar-refractivity contribution in [2.24, 2.45) is 0 Å². The Labute approximate surface area is 102 Å². The van der Waals surface area contributed by atoms with Crippen LogP contribution in [0.4, 0.5) is 0 Å². The number of hydrogen-bond donors (Lipinski definition) is 6. The minimum atomic E-state index is -0.833. The summed E-state index contributed by atoms with van der Waals surface area (Å²) in [6.45, 7) is 2.17. The first-order valence-corrected chi connectivity index (χ1v) is 1.86. The average Bonchev–Trinajstić information content (AvgIpc) is 1.25. The second-order valence-electron chi connectivity index (χ2n) is 1.04. The predicted molar refractivity (Wildman–Crippen MR) is 53.9 cm³/mol. The molecule has 0 aromatic rings. The quantitative estimate of drug-likeness (QED) is 0.304. The molecule has 0 aromatic carbocycles. The zero-order valence-electron chi connectivity index (χ0n) is 8.86. The van der Waals surface area contributed by atoms with Crippen LogP contribution < -0.4 is 24.6 Å². The molecule has 18 N–H and O–H groups in total. The van der Waals surface area contributed by atoms with E-state index in [1.807, 2.05) is 0 Å². The van der Waals surface area contributed by atoms with E-state index in [0.29, 0.717) is 0 Å². The summed E-state index contributed by atoms with van der Waals surface area (Å²) in [4.78, 5) is 18.0. The number of rotatable bonds is 0. The number of carboxylic acid groups (broad SMARTS) is 2. The van der Waals surface area contributed by atoms with Gasteiger partial charge in [0.1, 0.15) is 0 Å². The van der Waals surface area contributed by atoms with Crippen LogP contribution in [-0.4, -0.2) is 33.1 Å². The fraction of sp³-hybridized carbons (Fsp3) is 0.500. The third-order valence-electron chi connectivity index (χ3n) is 0. The van der Waals surface area contributed by atoms with Gasteiger partial charge in [0.15, 0.2) is 0 Å². The molecule has 0 atom stereocenters. The molecule has 0 fully saturated rings. The zero-order chi connectivity index (χ0) is 7.15.